The molecular weight excluding hydrogens is 174 g/mol. The molecule has 0 aromatic heterocycles. The Labute approximate surface area is 83.4 Å². The van der Waals surface area contributed by atoms with Crippen molar-refractivity contribution in [2.45, 2.75) is 12.8 Å². The Balaban J connectivity index is 2.48. The molecule has 0 saturated carbocycles. The van der Waals surface area contributed by atoms with Crippen molar-refractivity contribution in [3.8, 4) is 11.8 Å². The van der Waals surface area contributed by atoms with Gasteiger partial charge < -0.3 is 4.74 Å². The molecule has 2 nitrogen and oxygen atoms in total. The number of ether oxygens (including phenoxy) is 1. The lowest BCUT2D eigenvalue weighted by Gasteiger charge is -2.03. The molecule has 0 saturated heterocycles. The molecule has 1 aliphatic carbocycles. The number of allylic oxidation sites excluding steroid dienone is 2. The van der Waals surface area contributed by atoms with Crippen LogP contribution in [0.1, 0.15) is 17.5 Å². The topological polar surface area (TPSA) is 33.0 Å². The van der Waals surface area contributed by atoms with E-state index in [9.17, 15) is 0 Å². The van der Waals surface area contributed by atoms with E-state index in [4.69, 9.17) is 10.00 Å². The van der Waals surface area contributed by atoms with Crippen molar-refractivity contribution in [1.29, 1.82) is 5.26 Å². The van der Waals surface area contributed by atoms with E-state index < -0.39 is 0 Å². The van der Waals surface area contributed by atoms with Gasteiger partial charge in [0.15, 0.2) is 0 Å². The smallest absolute Gasteiger partial charge is 0.119 e. The average Bonchev–Trinajstić information content (AvgIpc) is 2.61. The highest BCUT2D eigenvalue weighted by Crippen LogP contribution is 2.34. The van der Waals surface area contributed by atoms with Crippen LogP contribution in [0.2, 0.25) is 0 Å². The number of rotatable bonds is 1. The van der Waals surface area contributed by atoms with Crippen LogP contribution in [0, 0.1) is 11.3 Å². The van der Waals surface area contributed by atoms with E-state index in [-0.39, 0.29) is 0 Å². The average molecular weight is 185 g/mol. The molecule has 0 radical (unpaired) electrons. The second-order valence-corrected chi connectivity index (χ2v) is 3.32. The molecule has 0 aliphatic heterocycles. The summed E-state index contributed by atoms with van der Waals surface area (Å²) in [6.45, 7) is 0. The van der Waals surface area contributed by atoms with E-state index in [2.05, 4.69) is 12.1 Å². The molecule has 70 valence electrons. The largest absolute Gasteiger partial charge is 0.497 e. The molecule has 0 bridgehead atoms. The highest BCUT2D eigenvalue weighted by Gasteiger charge is 2.16. The third kappa shape index (κ3) is 1.38. The number of aryl methyl sites for hydroxylation is 1. The SMILES string of the molecule is COc1ccc2c(c1)C(=CC#N)CC2. The van der Waals surface area contributed by atoms with Gasteiger partial charge in [-0.3, -0.25) is 0 Å². The quantitative estimate of drug-likeness (QED) is 0.630. The molecule has 0 spiro atoms. The molecule has 2 rings (SSSR count). The van der Waals surface area contributed by atoms with Gasteiger partial charge in [0, 0.05) is 6.08 Å². The third-order valence-corrected chi connectivity index (χ3v) is 2.57. The fourth-order valence-electron chi connectivity index (χ4n) is 1.83. The van der Waals surface area contributed by atoms with Crippen molar-refractivity contribution in [2.75, 3.05) is 7.11 Å². The Morgan fingerprint density at radius 3 is 3.00 bits per heavy atom. The summed E-state index contributed by atoms with van der Waals surface area (Å²) < 4.78 is 5.16. The number of methoxy groups -OCH3 is 1. The summed E-state index contributed by atoms with van der Waals surface area (Å²) in [5.74, 6) is 0.856. The number of benzene rings is 1. The van der Waals surface area contributed by atoms with Gasteiger partial charge in [0.05, 0.1) is 13.2 Å². The molecule has 14 heavy (non-hydrogen) atoms. The Morgan fingerprint density at radius 2 is 2.29 bits per heavy atom. The maximum atomic E-state index is 8.62. The molecule has 0 unspecified atom stereocenters. The van der Waals surface area contributed by atoms with E-state index >= 15 is 0 Å². The van der Waals surface area contributed by atoms with Crippen LogP contribution in [0.4, 0.5) is 0 Å². The molecule has 1 aromatic carbocycles. The van der Waals surface area contributed by atoms with E-state index in [1.165, 1.54) is 11.1 Å². The summed E-state index contributed by atoms with van der Waals surface area (Å²) in [6, 6.07) is 8.13. The van der Waals surface area contributed by atoms with Crippen LogP contribution in [0.15, 0.2) is 24.3 Å². The highest BCUT2D eigenvalue weighted by molar-refractivity contribution is 5.75. The van der Waals surface area contributed by atoms with Crippen LogP contribution < -0.4 is 4.74 Å². The van der Waals surface area contributed by atoms with Crippen molar-refractivity contribution in [3.05, 3.63) is 35.4 Å². The zero-order chi connectivity index (χ0) is 9.97. The van der Waals surface area contributed by atoms with Crippen molar-refractivity contribution in [2.24, 2.45) is 0 Å². The first-order valence-corrected chi connectivity index (χ1v) is 4.61. The Morgan fingerprint density at radius 1 is 1.43 bits per heavy atom. The van der Waals surface area contributed by atoms with E-state index in [0.29, 0.717) is 0 Å². The molecule has 0 fully saturated rings. The van der Waals surface area contributed by atoms with Crippen molar-refractivity contribution >= 4 is 5.57 Å². The molecule has 0 N–H and O–H groups in total. The summed E-state index contributed by atoms with van der Waals surface area (Å²) in [4.78, 5) is 0. The van der Waals surface area contributed by atoms with Gasteiger partial charge in [0.2, 0.25) is 0 Å². The monoisotopic (exact) mass is 185 g/mol. The van der Waals surface area contributed by atoms with Crippen LogP contribution in [0.5, 0.6) is 5.75 Å². The van der Waals surface area contributed by atoms with Crippen LogP contribution >= 0.6 is 0 Å². The highest BCUT2D eigenvalue weighted by atomic mass is 16.5. The van der Waals surface area contributed by atoms with Crippen LogP contribution in [0.25, 0.3) is 5.57 Å². The summed E-state index contributed by atoms with van der Waals surface area (Å²) in [7, 11) is 1.66. The molecule has 2 heteroatoms. The first kappa shape index (κ1) is 8.83. The Bertz CT molecular complexity index is 426. The lowest BCUT2D eigenvalue weighted by atomic mass is 10.1. The normalized spacial score (nSPS) is 16.4. The van der Waals surface area contributed by atoms with Gasteiger partial charge in [-0.05, 0) is 41.7 Å². The molecule has 1 aliphatic rings. The summed E-state index contributed by atoms with van der Waals surface area (Å²) in [5.41, 5.74) is 3.61. The zero-order valence-electron chi connectivity index (χ0n) is 8.08. The minimum absolute atomic E-state index is 0.856. The molecule has 0 heterocycles. The number of nitriles is 1. The second kappa shape index (κ2) is 3.55. The maximum Gasteiger partial charge on any atom is 0.119 e. The number of hydrogen-bond donors (Lipinski definition) is 0. The van der Waals surface area contributed by atoms with Gasteiger partial charge in [0.1, 0.15) is 5.75 Å². The summed E-state index contributed by atoms with van der Waals surface area (Å²) in [5, 5.41) is 8.62. The number of fused-ring (bicyclic) bond motifs is 1. The van der Waals surface area contributed by atoms with E-state index in [1.807, 2.05) is 12.1 Å². The predicted octanol–water partition coefficient (Wildman–Crippen LogP) is 2.55. The van der Waals surface area contributed by atoms with Crippen molar-refractivity contribution in [3.63, 3.8) is 0 Å². The van der Waals surface area contributed by atoms with Gasteiger partial charge in [0.25, 0.3) is 0 Å². The third-order valence-electron chi connectivity index (χ3n) is 2.57. The summed E-state index contributed by atoms with van der Waals surface area (Å²) >= 11 is 0. The minimum atomic E-state index is 0.856. The summed E-state index contributed by atoms with van der Waals surface area (Å²) in [6.07, 6.45) is 3.63. The number of hydrogen-bond acceptors (Lipinski definition) is 2. The van der Waals surface area contributed by atoms with Crippen LogP contribution in [-0.4, -0.2) is 7.11 Å². The standard InChI is InChI=1S/C12H11NO/c1-14-11-5-4-9-2-3-10(6-7-13)12(9)8-11/h4-6,8H,2-3H2,1H3. The fourth-order valence-corrected chi connectivity index (χ4v) is 1.83. The van der Waals surface area contributed by atoms with E-state index in [1.54, 1.807) is 13.2 Å². The van der Waals surface area contributed by atoms with Gasteiger partial charge in [-0.15, -0.1) is 0 Å². The Kier molecular flexibility index (Phi) is 2.24. The van der Waals surface area contributed by atoms with Gasteiger partial charge in [-0.25, -0.2) is 0 Å². The number of nitrogens with zero attached hydrogens (tertiary/aromatic N) is 1. The van der Waals surface area contributed by atoms with Gasteiger partial charge in [-0.1, -0.05) is 6.07 Å². The maximum absolute atomic E-state index is 8.62. The van der Waals surface area contributed by atoms with Gasteiger partial charge >= 0.3 is 0 Å². The molecular formula is C12H11NO. The lowest BCUT2D eigenvalue weighted by Crippen LogP contribution is -1.86. The Hall–Kier alpha value is -1.75. The predicted molar refractivity (Wildman–Crippen MR) is 54.9 cm³/mol. The zero-order valence-corrected chi connectivity index (χ0v) is 8.08. The molecule has 0 atom stereocenters. The second-order valence-electron chi connectivity index (χ2n) is 3.32. The fraction of sp³-hybridized carbons (Fsp3) is 0.250. The van der Waals surface area contributed by atoms with E-state index in [0.717, 1.165) is 24.2 Å². The van der Waals surface area contributed by atoms with Gasteiger partial charge in [-0.2, -0.15) is 5.26 Å². The van der Waals surface area contributed by atoms with Crippen molar-refractivity contribution < 1.29 is 4.74 Å². The first-order valence-electron chi connectivity index (χ1n) is 4.61. The lowest BCUT2D eigenvalue weighted by molar-refractivity contribution is 0.414. The van der Waals surface area contributed by atoms with Crippen LogP contribution in [-0.2, 0) is 6.42 Å². The molecule has 1 aromatic rings. The van der Waals surface area contributed by atoms with Crippen LogP contribution in [0.3, 0.4) is 0 Å². The first-order chi connectivity index (χ1) is 6.85. The van der Waals surface area contributed by atoms with Crippen molar-refractivity contribution in [1.82, 2.24) is 0 Å². The minimum Gasteiger partial charge on any atom is -0.497 e. The molecule has 0 amide bonds.